The Morgan fingerprint density at radius 2 is 1.27 bits per heavy atom. The molecule has 0 saturated carbocycles. The fourth-order valence-corrected chi connectivity index (χ4v) is 3.11. The van der Waals surface area contributed by atoms with E-state index in [0.29, 0.717) is 6.42 Å². The van der Waals surface area contributed by atoms with Crippen molar-refractivity contribution in [1.82, 2.24) is 5.32 Å². The molecule has 0 fully saturated rings. The monoisotopic (exact) mass is 419 g/mol. The van der Waals surface area contributed by atoms with E-state index in [1.165, 1.54) is 57.8 Å². The summed E-state index contributed by atoms with van der Waals surface area (Å²) in [7, 11) is 0. The highest BCUT2D eigenvalue weighted by Crippen LogP contribution is 2.10. The minimum Gasteiger partial charge on any atom is -0.460 e. The second-order valence-electron chi connectivity index (χ2n) is 9.00. The van der Waals surface area contributed by atoms with Crippen molar-refractivity contribution in [3.63, 3.8) is 0 Å². The van der Waals surface area contributed by atoms with Gasteiger partial charge in [0.15, 0.2) is 0 Å². The molecule has 3 heteroatoms. The van der Waals surface area contributed by atoms with Gasteiger partial charge in [0, 0.05) is 6.54 Å². The van der Waals surface area contributed by atoms with E-state index < -0.39 is 0 Å². The Labute approximate surface area is 187 Å². The molecule has 0 aromatic heterocycles. The fourth-order valence-electron chi connectivity index (χ4n) is 3.11. The minimum atomic E-state index is -0.378. The second kappa shape index (κ2) is 20.9. The van der Waals surface area contributed by atoms with E-state index in [1.807, 2.05) is 20.8 Å². The molecule has 0 heterocycles. The summed E-state index contributed by atoms with van der Waals surface area (Å²) in [6.07, 6.45) is 29.1. The zero-order valence-corrected chi connectivity index (χ0v) is 20.4. The summed E-state index contributed by atoms with van der Waals surface area (Å²) in [5.41, 5.74) is -0.378. The van der Waals surface area contributed by atoms with E-state index in [0.717, 1.165) is 32.4 Å². The van der Waals surface area contributed by atoms with Crippen molar-refractivity contribution in [3.8, 4) is 0 Å². The van der Waals surface area contributed by atoms with Gasteiger partial charge >= 0.3 is 5.97 Å². The van der Waals surface area contributed by atoms with Crippen LogP contribution in [0, 0.1) is 0 Å². The molecule has 0 radical (unpaired) electrons. The highest BCUT2D eigenvalue weighted by molar-refractivity contribution is 5.70. The first-order valence-electron chi connectivity index (χ1n) is 12.3. The van der Waals surface area contributed by atoms with E-state index in [9.17, 15) is 4.79 Å². The van der Waals surface area contributed by atoms with Crippen LogP contribution < -0.4 is 5.32 Å². The normalized spacial score (nSPS) is 12.5. The first-order chi connectivity index (χ1) is 14.5. The Kier molecular flexibility index (Phi) is 20.0. The molecule has 0 atom stereocenters. The van der Waals surface area contributed by atoms with Crippen LogP contribution >= 0.6 is 0 Å². The number of rotatable bonds is 19. The van der Waals surface area contributed by atoms with E-state index >= 15 is 0 Å². The van der Waals surface area contributed by atoms with Crippen molar-refractivity contribution in [2.75, 3.05) is 13.1 Å². The summed E-state index contributed by atoms with van der Waals surface area (Å²) < 4.78 is 5.29. The fraction of sp³-hybridized carbons (Fsp3) is 0.741. The Balaban J connectivity index is 3.25. The van der Waals surface area contributed by atoms with E-state index in [1.54, 1.807) is 0 Å². The maximum Gasteiger partial charge on any atom is 0.307 e. The summed E-state index contributed by atoms with van der Waals surface area (Å²) in [5.74, 6) is -0.113. The zero-order valence-electron chi connectivity index (χ0n) is 20.4. The predicted molar refractivity (Wildman–Crippen MR) is 132 cm³/mol. The van der Waals surface area contributed by atoms with Crippen LogP contribution in [0.25, 0.3) is 0 Å². The first-order valence-corrected chi connectivity index (χ1v) is 12.3. The van der Waals surface area contributed by atoms with Crippen LogP contribution in [0.5, 0.6) is 0 Å². The third kappa shape index (κ3) is 24.7. The van der Waals surface area contributed by atoms with Crippen LogP contribution in [0.2, 0.25) is 0 Å². The highest BCUT2D eigenvalue weighted by Gasteiger charge is 2.15. The van der Waals surface area contributed by atoms with Crippen LogP contribution in [0.3, 0.4) is 0 Å². The van der Waals surface area contributed by atoms with Gasteiger partial charge in [0.1, 0.15) is 5.60 Å². The van der Waals surface area contributed by atoms with Crippen molar-refractivity contribution >= 4 is 5.97 Å². The number of esters is 1. The number of hydrogen-bond acceptors (Lipinski definition) is 3. The molecule has 30 heavy (non-hydrogen) atoms. The van der Waals surface area contributed by atoms with Gasteiger partial charge in [-0.2, -0.15) is 0 Å². The van der Waals surface area contributed by atoms with Gasteiger partial charge in [-0.05, 0) is 65.8 Å². The molecular formula is C27H49NO2. The van der Waals surface area contributed by atoms with Crippen LogP contribution in [-0.2, 0) is 9.53 Å². The average molecular weight is 420 g/mol. The summed E-state index contributed by atoms with van der Waals surface area (Å²) in [6.45, 7) is 9.60. The maximum atomic E-state index is 11.6. The molecular weight excluding hydrogens is 370 g/mol. The molecule has 0 saturated heterocycles. The van der Waals surface area contributed by atoms with Crippen LogP contribution in [0.15, 0.2) is 36.5 Å². The van der Waals surface area contributed by atoms with Gasteiger partial charge in [-0.3, -0.25) is 4.79 Å². The predicted octanol–water partition coefficient (Wildman–Crippen LogP) is 7.68. The molecule has 0 amide bonds. The number of unbranched alkanes of at least 4 members (excludes halogenated alkanes) is 8. The smallest absolute Gasteiger partial charge is 0.307 e. The number of nitrogens with one attached hydrogen (secondary N) is 1. The van der Waals surface area contributed by atoms with Crippen molar-refractivity contribution in [2.45, 2.75) is 117 Å². The van der Waals surface area contributed by atoms with Crippen molar-refractivity contribution in [3.05, 3.63) is 36.5 Å². The number of hydrogen-bond donors (Lipinski definition) is 1. The Bertz CT molecular complexity index is 472. The Morgan fingerprint density at radius 3 is 1.87 bits per heavy atom. The molecule has 174 valence electrons. The van der Waals surface area contributed by atoms with Gasteiger partial charge in [-0.25, -0.2) is 0 Å². The molecule has 0 bridgehead atoms. The lowest BCUT2D eigenvalue weighted by Gasteiger charge is -2.19. The maximum absolute atomic E-state index is 11.6. The third-order valence-electron chi connectivity index (χ3n) is 4.68. The number of carbonyl (C=O) groups excluding carboxylic acids is 1. The standard InChI is InChI=1S/C27H49NO2/c1-5-6-7-8-9-10-11-12-13-14-15-16-17-18-19-20-21-22-24-28-25-23-26(29)30-27(2,3)4/h6-7,9-10,12-13,28H,5,8,11,14-25H2,1-4H3/b7-6-,10-9-,13-12-. The molecule has 0 aliphatic heterocycles. The lowest BCUT2D eigenvalue weighted by atomic mass is 10.1. The molecule has 0 aliphatic carbocycles. The van der Waals surface area contributed by atoms with Gasteiger partial charge < -0.3 is 10.1 Å². The SMILES string of the molecule is CC/C=C\C/C=C\C/C=C\CCCCCCCCCCNCCC(=O)OC(C)(C)C. The van der Waals surface area contributed by atoms with Crippen LogP contribution in [0.1, 0.15) is 111 Å². The second-order valence-corrected chi connectivity index (χ2v) is 9.00. The number of ether oxygens (including phenoxy) is 1. The summed E-state index contributed by atoms with van der Waals surface area (Å²) in [6, 6.07) is 0. The average Bonchev–Trinajstić information content (AvgIpc) is 2.68. The summed E-state index contributed by atoms with van der Waals surface area (Å²) in [5, 5.41) is 3.34. The molecule has 3 nitrogen and oxygen atoms in total. The molecule has 0 aromatic rings. The molecule has 0 spiro atoms. The Hall–Kier alpha value is -1.35. The quantitative estimate of drug-likeness (QED) is 0.132. The molecule has 0 rings (SSSR count). The van der Waals surface area contributed by atoms with Crippen molar-refractivity contribution in [1.29, 1.82) is 0 Å². The van der Waals surface area contributed by atoms with Gasteiger partial charge in [-0.15, -0.1) is 0 Å². The number of carbonyl (C=O) groups is 1. The summed E-state index contributed by atoms with van der Waals surface area (Å²) in [4.78, 5) is 11.6. The number of allylic oxidation sites excluding steroid dienone is 6. The van der Waals surface area contributed by atoms with Gasteiger partial charge in [0.25, 0.3) is 0 Å². The lowest BCUT2D eigenvalue weighted by molar-refractivity contribution is -0.154. The van der Waals surface area contributed by atoms with Crippen LogP contribution in [-0.4, -0.2) is 24.7 Å². The molecule has 0 aromatic carbocycles. The van der Waals surface area contributed by atoms with Crippen molar-refractivity contribution < 1.29 is 9.53 Å². The zero-order chi connectivity index (χ0) is 22.3. The molecule has 0 aliphatic rings. The van der Waals surface area contributed by atoms with Gasteiger partial charge in [-0.1, -0.05) is 81.9 Å². The third-order valence-corrected chi connectivity index (χ3v) is 4.68. The largest absolute Gasteiger partial charge is 0.460 e. The molecule has 0 unspecified atom stereocenters. The van der Waals surface area contributed by atoms with Gasteiger partial charge in [0.05, 0.1) is 6.42 Å². The minimum absolute atomic E-state index is 0.113. The van der Waals surface area contributed by atoms with E-state index in [2.05, 4.69) is 48.7 Å². The first kappa shape index (κ1) is 28.6. The molecule has 1 N–H and O–H groups in total. The highest BCUT2D eigenvalue weighted by atomic mass is 16.6. The van der Waals surface area contributed by atoms with E-state index in [4.69, 9.17) is 4.74 Å². The van der Waals surface area contributed by atoms with E-state index in [-0.39, 0.29) is 11.6 Å². The Morgan fingerprint density at radius 1 is 0.733 bits per heavy atom. The van der Waals surface area contributed by atoms with Crippen LogP contribution in [0.4, 0.5) is 0 Å². The lowest BCUT2D eigenvalue weighted by Crippen LogP contribution is -2.27. The van der Waals surface area contributed by atoms with Gasteiger partial charge in [0.2, 0.25) is 0 Å². The topological polar surface area (TPSA) is 38.3 Å². The summed E-state index contributed by atoms with van der Waals surface area (Å²) >= 11 is 0. The van der Waals surface area contributed by atoms with Crippen molar-refractivity contribution in [2.24, 2.45) is 0 Å².